The number of furan rings is 1. The smallest absolute Gasteiger partial charge is 0.143 e. The molecule has 330 valence electrons. The Morgan fingerprint density at radius 3 is 1.83 bits per heavy atom. The molecular weight excluding hydrogens is 835 g/mol. The van der Waals surface area contributed by atoms with Crippen molar-refractivity contribution in [2.24, 2.45) is 0 Å². The molecular formula is C67H51NO. The van der Waals surface area contributed by atoms with E-state index in [-0.39, 0.29) is 10.8 Å². The van der Waals surface area contributed by atoms with Crippen LogP contribution in [0, 0.1) is 0 Å². The zero-order valence-electron chi connectivity index (χ0n) is 39.1. The first kappa shape index (κ1) is 40.2. The zero-order valence-corrected chi connectivity index (χ0v) is 39.1. The molecule has 14 rings (SSSR count). The van der Waals surface area contributed by atoms with Crippen LogP contribution in [0.3, 0.4) is 0 Å². The van der Waals surface area contributed by atoms with Crippen molar-refractivity contribution in [1.82, 2.24) is 0 Å². The van der Waals surface area contributed by atoms with Gasteiger partial charge in [-0.25, -0.2) is 0 Å². The maximum Gasteiger partial charge on any atom is 0.143 e. The summed E-state index contributed by atoms with van der Waals surface area (Å²) in [5, 5.41) is 4.61. The van der Waals surface area contributed by atoms with Crippen molar-refractivity contribution < 1.29 is 4.42 Å². The lowest BCUT2D eigenvalue weighted by Crippen LogP contribution is -2.28. The van der Waals surface area contributed by atoms with E-state index in [4.69, 9.17) is 4.42 Å². The highest BCUT2D eigenvalue weighted by atomic mass is 16.3. The van der Waals surface area contributed by atoms with Gasteiger partial charge in [0, 0.05) is 44.1 Å². The van der Waals surface area contributed by atoms with Gasteiger partial charge in [-0.15, -0.1) is 0 Å². The minimum absolute atomic E-state index is 0.0387. The van der Waals surface area contributed by atoms with E-state index >= 15 is 0 Å². The number of hydrogen-bond acceptors (Lipinski definition) is 2. The lowest BCUT2D eigenvalue weighted by molar-refractivity contribution is 0.353. The lowest BCUT2D eigenvalue weighted by atomic mass is 9.68. The van der Waals surface area contributed by atoms with E-state index in [1.807, 2.05) is 0 Å². The van der Waals surface area contributed by atoms with Crippen LogP contribution in [0.5, 0.6) is 0 Å². The average Bonchev–Trinajstić information content (AvgIpc) is 4.00. The number of rotatable bonds is 6. The second-order valence-corrected chi connectivity index (χ2v) is 20.2. The number of nitrogens with zero attached hydrogens (tertiary/aromatic N) is 1. The molecule has 3 aliphatic rings. The number of hydrogen-bond donors (Lipinski definition) is 0. The minimum atomic E-state index is -0.118. The van der Waals surface area contributed by atoms with Crippen molar-refractivity contribution in [2.75, 3.05) is 4.90 Å². The lowest BCUT2D eigenvalue weighted by Gasteiger charge is -2.36. The Bertz CT molecular complexity index is 3860. The molecule has 11 aromatic rings. The summed E-state index contributed by atoms with van der Waals surface area (Å²) in [4.78, 5) is 2.49. The highest BCUT2D eigenvalue weighted by Crippen LogP contribution is 2.57. The fourth-order valence-electron chi connectivity index (χ4n) is 13.2. The molecule has 1 spiro atoms. The number of benzene rings is 10. The third-order valence-electron chi connectivity index (χ3n) is 16.3. The number of fused-ring (bicyclic) bond motifs is 13. The third-order valence-corrected chi connectivity index (χ3v) is 16.3. The summed E-state index contributed by atoms with van der Waals surface area (Å²) in [5.74, 6) is 0. The first-order valence-corrected chi connectivity index (χ1v) is 24.9. The number of anilines is 3. The van der Waals surface area contributed by atoms with Crippen LogP contribution in [0.2, 0.25) is 0 Å². The summed E-state index contributed by atoms with van der Waals surface area (Å²) < 4.78 is 6.69. The first-order valence-electron chi connectivity index (χ1n) is 24.9. The van der Waals surface area contributed by atoms with Crippen molar-refractivity contribution in [1.29, 1.82) is 0 Å². The van der Waals surface area contributed by atoms with Gasteiger partial charge < -0.3 is 9.32 Å². The standard InChI is InChI=1S/C67H51NO/c1-66(2)59-28-10-8-24-54(59)57-27-15-26-56(64(57)66)52-22-7-6-20-49(52)44-31-34-46(35-32-44)68(48-36-38-55-53-23-9-11-29-60(53)67(61(55)42-48)39-12-3-13-40-67)47-19-14-18-45(41-47)50-25-16-30-62-63(50)58-37-33-43-17-4-5-21-51(43)65(58)69-62/h4-11,14-38,41-42H,3,12-13,39-40H2,1-2H3. The fourth-order valence-corrected chi connectivity index (χ4v) is 13.2. The van der Waals surface area contributed by atoms with E-state index in [1.54, 1.807) is 0 Å². The molecule has 0 bridgehead atoms. The Morgan fingerprint density at radius 1 is 0.391 bits per heavy atom. The Kier molecular flexibility index (Phi) is 8.90. The van der Waals surface area contributed by atoms with Crippen molar-refractivity contribution in [3.05, 3.63) is 235 Å². The van der Waals surface area contributed by atoms with Gasteiger partial charge in [0.15, 0.2) is 0 Å². The van der Waals surface area contributed by atoms with Gasteiger partial charge in [0.1, 0.15) is 11.2 Å². The van der Waals surface area contributed by atoms with Crippen molar-refractivity contribution in [3.63, 3.8) is 0 Å². The summed E-state index contributed by atoms with van der Waals surface area (Å²) in [6.45, 7) is 4.77. The normalized spacial score (nSPS) is 15.0. The average molecular weight is 886 g/mol. The van der Waals surface area contributed by atoms with Gasteiger partial charge in [0.05, 0.1) is 0 Å². The molecule has 2 nitrogen and oxygen atoms in total. The topological polar surface area (TPSA) is 16.4 Å². The molecule has 0 amide bonds. The van der Waals surface area contributed by atoms with Gasteiger partial charge in [0.25, 0.3) is 0 Å². The van der Waals surface area contributed by atoms with Crippen LogP contribution >= 0.6 is 0 Å². The maximum atomic E-state index is 6.69. The Labute approximate surface area is 404 Å². The molecule has 3 aliphatic carbocycles. The molecule has 0 saturated heterocycles. The quantitative estimate of drug-likeness (QED) is 0.165. The van der Waals surface area contributed by atoms with Gasteiger partial charge in [-0.2, -0.15) is 0 Å². The van der Waals surface area contributed by atoms with Crippen LogP contribution in [-0.4, -0.2) is 0 Å². The predicted molar refractivity (Wildman–Crippen MR) is 289 cm³/mol. The van der Waals surface area contributed by atoms with E-state index in [2.05, 4.69) is 231 Å². The molecule has 10 aromatic carbocycles. The van der Waals surface area contributed by atoms with Gasteiger partial charge in [0.2, 0.25) is 0 Å². The largest absolute Gasteiger partial charge is 0.455 e. The second-order valence-electron chi connectivity index (χ2n) is 20.2. The van der Waals surface area contributed by atoms with Gasteiger partial charge >= 0.3 is 0 Å². The van der Waals surface area contributed by atoms with E-state index in [0.717, 1.165) is 44.3 Å². The van der Waals surface area contributed by atoms with Crippen LogP contribution in [0.15, 0.2) is 217 Å². The van der Waals surface area contributed by atoms with Crippen LogP contribution in [-0.2, 0) is 10.8 Å². The van der Waals surface area contributed by atoms with Crippen molar-refractivity contribution >= 4 is 49.8 Å². The molecule has 1 aromatic heterocycles. The predicted octanol–water partition coefficient (Wildman–Crippen LogP) is 18.7. The third kappa shape index (κ3) is 5.98. The summed E-state index contributed by atoms with van der Waals surface area (Å²) in [7, 11) is 0. The van der Waals surface area contributed by atoms with E-state index in [9.17, 15) is 0 Å². The van der Waals surface area contributed by atoms with E-state index in [0.29, 0.717) is 0 Å². The maximum absolute atomic E-state index is 6.69. The summed E-state index contributed by atoms with van der Waals surface area (Å²) >= 11 is 0. The molecule has 2 heteroatoms. The molecule has 1 fully saturated rings. The molecule has 0 unspecified atom stereocenters. The first-order chi connectivity index (χ1) is 34.0. The minimum Gasteiger partial charge on any atom is -0.455 e. The zero-order chi connectivity index (χ0) is 45.8. The summed E-state index contributed by atoms with van der Waals surface area (Å²) in [5.41, 5.74) is 23.8. The Morgan fingerprint density at radius 2 is 1.00 bits per heavy atom. The molecule has 1 saturated carbocycles. The summed E-state index contributed by atoms with van der Waals surface area (Å²) in [6.07, 6.45) is 6.20. The van der Waals surface area contributed by atoms with Gasteiger partial charge in [-0.1, -0.05) is 197 Å². The molecule has 0 radical (unpaired) electrons. The van der Waals surface area contributed by atoms with Gasteiger partial charge in [-0.05, 0) is 145 Å². The van der Waals surface area contributed by atoms with Crippen molar-refractivity contribution in [3.8, 4) is 55.6 Å². The second kappa shape index (κ2) is 15.3. The van der Waals surface area contributed by atoms with Crippen LogP contribution in [0.25, 0.3) is 88.3 Å². The summed E-state index contributed by atoms with van der Waals surface area (Å²) in [6, 6.07) is 79.3. The molecule has 0 aliphatic heterocycles. The van der Waals surface area contributed by atoms with E-state index in [1.165, 1.54) is 116 Å². The Balaban J connectivity index is 0.922. The molecule has 0 atom stereocenters. The fraction of sp³-hybridized carbons (Fsp3) is 0.134. The molecule has 0 N–H and O–H groups in total. The monoisotopic (exact) mass is 885 g/mol. The van der Waals surface area contributed by atoms with Crippen molar-refractivity contribution in [2.45, 2.75) is 56.8 Å². The SMILES string of the molecule is CC1(C)c2ccccc2-c2cccc(-c3ccccc3-c3ccc(N(c4cccc(-c5cccc6oc7c8ccccc8ccc7c56)c4)c4ccc5c(c4)C4(CCCCC4)c4ccccc4-5)cc3)c21. The van der Waals surface area contributed by atoms with E-state index < -0.39 is 0 Å². The van der Waals surface area contributed by atoms with Crippen LogP contribution < -0.4 is 4.90 Å². The molecule has 1 heterocycles. The highest BCUT2D eigenvalue weighted by Gasteiger charge is 2.44. The Hall–Kier alpha value is -7.94. The molecule has 69 heavy (non-hydrogen) atoms. The van der Waals surface area contributed by atoms with Crippen LogP contribution in [0.1, 0.15) is 68.2 Å². The van der Waals surface area contributed by atoms with Crippen LogP contribution in [0.4, 0.5) is 17.1 Å². The highest BCUT2D eigenvalue weighted by molar-refractivity contribution is 6.19. The van der Waals surface area contributed by atoms with Gasteiger partial charge in [-0.3, -0.25) is 0 Å².